The summed E-state index contributed by atoms with van der Waals surface area (Å²) in [5.74, 6) is 1.68. The highest BCUT2D eigenvalue weighted by atomic mass is 16.5. The molecule has 1 heterocycles. The number of carbonyl (C=O) groups is 1. The highest BCUT2D eigenvalue weighted by Crippen LogP contribution is 2.24. The van der Waals surface area contributed by atoms with Gasteiger partial charge in [-0.15, -0.1) is 10.2 Å². The molecule has 0 saturated heterocycles. The van der Waals surface area contributed by atoms with Gasteiger partial charge in [0.05, 0.1) is 19.7 Å². The van der Waals surface area contributed by atoms with E-state index in [0.29, 0.717) is 18.3 Å². The molecule has 130 valence electrons. The molecule has 0 aliphatic carbocycles. The molecule has 0 aliphatic rings. The molecule has 1 aromatic carbocycles. The fourth-order valence-corrected chi connectivity index (χ4v) is 2.13. The van der Waals surface area contributed by atoms with Gasteiger partial charge in [-0.1, -0.05) is 6.92 Å². The van der Waals surface area contributed by atoms with Crippen LogP contribution in [0, 0.1) is 0 Å². The SMILES string of the molecule is CCCNC(=O)CN(C)[C@H](C)c1nnc(-c2ccc(OC)cc2)o1. The number of nitrogens with zero attached hydrogens (tertiary/aromatic N) is 3. The molecular formula is C17H24N4O3. The third kappa shape index (κ3) is 4.55. The summed E-state index contributed by atoms with van der Waals surface area (Å²) in [6.07, 6.45) is 0.917. The first-order chi connectivity index (χ1) is 11.5. The van der Waals surface area contributed by atoms with Gasteiger partial charge in [0.25, 0.3) is 0 Å². The second kappa shape index (κ2) is 8.44. The Kier molecular flexibility index (Phi) is 6.31. The molecule has 1 amide bonds. The monoisotopic (exact) mass is 332 g/mol. The van der Waals surface area contributed by atoms with Crippen LogP contribution in [0.4, 0.5) is 0 Å². The van der Waals surface area contributed by atoms with Crippen LogP contribution in [0.2, 0.25) is 0 Å². The zero-order chi connectivity index (χ0) is 17.5. The Labute approximate surface area is 142 Å². The smallest absolute Gasteiger partial charge is 0.247 e. The molecule has 24 heavy (non-hydrogen) atoms. The van der Waals surface area contributed by atoms with Crippen LogP contribution in [0.1, 0.15) is 32.2 Å². The summed E-state index contributed by atoms with van der Waals surface area (Å²) in [6.45, 7) is 4.91. The number of aromatic nitrogens is 2. The fraction of sp³-hybridized carbons (Fsp3) is 0.471. The minimum Gasteiger partial charge on any atom is -0.497 e. The lowest BCUT2D eigenvalue weighted by Gasteiger charge is -2.20. The summed E-state index contributed by atoms with van der Waals surface area (Å²) >= 11 is 0. The van der Waals surface area contributed by atoms with E-state index >= 15 is 0 Å². The van der Waals surface area contributed by atoms with Crippen molar-refractivity contribution in [1.29, 1.82) is 0 Å². The second-order valence-corrected chi connectivity index (χ2v) is 5.61. The second-order valence-electron chi connectivity index (χ2n) is 5.61. The number of benzene rings is 1. The van der Waals surface area contributed by atoms with E-state index < -0.39 is 0 Å². The quantitative estimate of drug-likeness (QED) is 0.799. The Morgan fingerprint density at radius 2 is 2.04 bits per heavy atom. The van der Waals surface area contributed by atoms with Crippen molar-refractivity contribution in [1.82, 2.24) is 20.4 Å². The van der Waals surface area contributed by atoms with Crippen molar-refractivity contribution in [3.63, 3.8) is 0 Å². The van der Waals surface area contributed by atoms with Gasteiger partial charge >= 0.3 is 0 Å². The van der Waals surface area contributed by atoms with Gasteiger partial charge in [-0.25, -0.2) is 0 Å². The molecule has 7 nitrogen and oxygen atoms in total. The molecule has 0 radical (unpaired) electrons. The van der Waals surface area contributed by atoms with Crippen LogP contribution in [0.25, 0.3) is 11.5 Å². The molecule has 1 N–H and O–H groups in total. The topological polar surface area (TPSA) is 80.5 Å². The molecule has 0 spiro atoms. The maximum absolute atomic E-state index is 11.8. The lowest BCUT2D eigenvalue weighted by molar-refractivity contribution is -0.122. The molecule has 0 bridgehead atoms. The number of hydrogen-bond donors (Lipinski definition) is 1. The van der Waals surface area contributed by atoms with E-state index in [1.807, 2.05) is 50.1 Å². The van der Waals surface area contributed by atoms with Crippen molar-refractivity contribution in [2.45, 2.75) is 26.3 Å². The van der Waals surface area contributed by atoms with E-state index in [9.17, 15) is 4.79 Å². The van der Waals surface area contributed by atoms with Crippen LogP contribution in [-0.4, -0.2) is 48.3 Å². The van der Waals surface area contributed by atoms with Crippen LogP contribution in [0.15, 0.2) is 28.7 Å². The normalized spacial score (nSPS) is 12.2. The maximum atomic E-state index is 11.8. The Morgan fingerprint density at radius 1 is 1.33 bits per heavy atom. The van der Waals surface area contributed by atoms with Crippen molar-refractivity contribution in [2.75, 3.05) is 27.2 Å². The number of nitrogens with one attached hydrogen (secondary N) is 1. The van der Waals surface area contributed by atoms with E-state index in [-0.39, 0.29) is 18.5 Å². The van der Waals surface area contributed by atoms with Gasteiger partial charge in [-0.2, -0.15) is 0 Å². The maximum Gasteiger partial charge on any atom is 0.247 e. The molecule has 0 fully saturated rings. The number of rotatable bonds is 8. The molecule has 1 aromatic heterocycles. The van der Waals surface area contributed by atoms with E-state index in [2.05, 4.69) is 15.5 Å². The Morgan fingerprint density at radius 3 is 2.67 bits per heavy atom. The zero-order valence-corrected chi connectivity index (χ0v) is 14.6. The molecule has 1 atom stereocenters. The van der Waals surface area contributed by atoms with Gasteiger partial charge in [-0.05, 0) is 44.7 Å². The van der Waals surface area contributed by atoms with E-state index in [1.165, 1.54) is 0 Å². The minimum atomic E-state index is -0.156. The van der Waals surface area contributed by atoms with Gasteiger partial charge in [0.2, 0.25) is 17.7 Å². The average molecular weight is 332 g/mol. The Balaban J connectivity index is 2.01. The highest BCUT2D eigenvalue weighted by molar-refractivity contribution is 5.77. The number of ether oxygens (including phenoxy) is 1. The van der Waals surface area contributed by atoms with Gasteiger partial charge in [0.1, 0.15) is 5.75 Å². The van der Waals surface area contributed by atoms with Gasteiger partial charge in [0, 0.05) is 12.1 Å². The molecular weight excluding hydrogens is 308 g/mol. The van der Waals surface area contributed by atoms with Crippen molar-refractivity contribution >= 4 is 5.91 Å². The summed E-state index contributed by atoms with van der Waals surface area (Å²) in [7, 11) is 3.47. The van der Waals surface area contributed by atoms with Crippen molar-refractivity contribution in [3.05, 3.63) is 30.2 Å². The number of methoxy groups -OCH3 is 1. The van der Waals surface area contributed by atoms with Gasteiger partial charge in [0.15, 0.2) is 0 Å². The van der Waals surface area contributed by atoms with Crippen molar-refractivity contribution < 1.29 is 13.9 Å². The summed E-state index contributed by atoms with van der Waals surface area (Å²) in [6, 6.07) is 7.25. The minimum absolute atomic E-state index is 0.0129. The molecule has 2 rings (SSSR count). The first-order valence-electron chi connectivity index (χ1n) is 8.00. The Bertz CT molecular complexity index is 654. The third-order valence-corrected chi connectivity index (χ3v) is 3.76. The van der Waals surface area contributed by atoms with Crippen LogP contribution in [0.5, 0.6) is 5.75 Å². The first-order valence-corrected chi connectivity index (χ1v) is 8.00. The first kappa shape index (κ1) is 17.9. The predicted molar refractivity (Wildman–Crippen MR) is 90.6 cm³/mol. The Hall–Kier alpha value is -2.41. The molecule has 0 unspecified atom stereocenters. The van der Waals surface area contributed by atoms with E-state index in [1.54, 1.807) is 7.11 Å². The molecule has 2 aromatic rings. The van der Waals surface area contributed by atoms with Gasteiger partial charge < -0.3 is 14.5 Å². The molecule has 0 saturated carbocycles. The largest absolute Gasteiger partial charge is 0.497 e. The number of likely N-dealkylation sites (N-methyl/N-ethyl adjacent to an activating group) is 1. The average Bonchev–Trinajstić information content (AvgIpc) is 3.09. The molecule has 7 heteroatoms. The number of amides is 1. The van der Waals surface area contributed by atoms with Crippen molar-refractivity contribution in [2.24, 2.45) is 0 Å². The lowest BCUT2D eigenvalue weighted by atomic mass is 10.2. The summed E-state index contributed by atoms with van der Waals surface area (Å²) < 4.78 is 10.9. The van der Waals surface area contributed by atoms with Crippen molar-refractivity contribution in [3.8, 4) is 17.2 Å². The number of hydrogen-bond acceptors (Lipinski definition) is 6. The van der Waals surface area contributed by atoms with Crippen LogP contribution in [0.3, 0.4) is 0 Å². The molecule has 0 aliphatic heterocycles. The zero-order valence-electron chi connectivity index (χ0n) is 14.6. The third-order valence-electron chi connectivity index (χ3n) is 3.76. The van der Waals surface area contributed by atoms with Crippen LogP contribution in [-0.2, 0) is 4.79 Å². The van der Waals surface area contributed by atoms with E-state index in [0.717, 1.165) is 17.7 Å². The summed E-state index contributed by atoms with van der Waals surface area (Å²) in [5.41, 5.74) is 0.824. The number of carbonyl (C=O) groups excluding carboxylic acids is 1. The van der Waals surface area contributed by atoms with E-state index in [4.69, 9.17) is 9.15 Å². The standard InChI is InChI=1S/C17H24N4O3/c1-5-10-18-15(22)11-21(3)12(2)16-19-20-17(24-16)13-6-8-14(23-4)9-7-13/h6-9,12H,5,10-11H2,1-4H3,(H,18,22)/t12-/m1/s1. The predicted octanol–water partition coefficient (Wildman–Crippen LogP) is 2.26. The van der Waals surface area contributed by atoms with Crippen LogP contribution >= 0.6 is 0 Å². The highest BCUT2D eigenvalue weighted by Gasteiger charge is 2.20. The summed E-state index contributed by atoms with van der Waals surface area (Å²) in [4.78, 5) is 13.7. The fourth-order valence-electron chi connectivity index (χ4n) is 2.13. The summed E-state index contributed by atoms with van der Waals surface area (Å²) in [5, 5.41) is 11.0. The van der Waals surface area contributed by atoms with Crippen LogP contribution < -0.4 is 10.1 Å². The lowest BCUT2D eigenvalue weighted by Crippen LogP contribution is -2.36. The van der Waals surface area contributed by atoms with Gasteiger partial charge in [-0.3, -0.25) is 9.69 Å².